The van der Waals surface area contributed by atoms with Crippen molar-refractivity contribution in [3.8, 4) is 0 Å². The number of nitrogens with zero attached hydrogens (tertiary/aromatic N) is 1. The molecular formula is C30H43NO4. The van der Waals surface area contributed by atoms with Crippen LogP contribution in [0.4, 0.5) is 0 Å². The van der Waals surface area contributed by atoms with E-state index in [1.54, 1.807) is 12.1 Å². The van der Waals surface area contributed by atoms with E-state index in [1.165, 1.54) is 51.4 Å². The lowest BCUT2D eigenvalue weighted by Gasteiger charge is -2.12. The predicted octanol–water partition coefficient (Wildman–Crippen LogP) is 8.32. The number of hydrogen-bond donors (Lipinski definition) is 0. The monoisotopic (exact) mass is 481 g/mol. The van der Waals surface area contributed by atoms with Gasteiger partial charge in [0.2, 0.25) is 6.04 Å². The van der Waals surface area contributed by atoms with Gasteiger partial charge in [-0.05, 0) is 42.5 Å². The summed E-state index contributed by atoms with van der Waals surface area (Å²) >= 11 is 0. The minimum Gasteiger partial charge on any atom is -0.457 e. The largest absolute Gasteiger partial charge is 0.457 e. The molecule has 0 bridgehead atoms. The molecule has 1 unspecified atom stereocenters. The van der Waals surface area contributed by atoms with Gasteiger partial charge in [0.05, 0.1) is 5.56 Å². The van der Waals surface area contributed by atoms with E-state index in [2.05, 4.69) is 6.92 Å². The maximum atomic E-state index is 12.2. The van der Waals surface area contributed by atoms with Gasteiger partial charge in [0.1, 0.15) is 6.61 Å². The molecule has 1 atom stereocenters. The zero-order valence-electron chi connectivity index (χ0n) is 21.5. The summed E-state index contributed by atoms with van der Waals surface area (Å²) in [5, 5.41) is 11.6. The first-order valence-corrected chi connectivity index (χ1v) is 13.5. The van der Waals surface area contributed by atoms with Crippen LogP contribution in [-0.2, 0) is 17.8 Å². The highest BCUT2D eigenvalue weighted by Gasteiger charge is 2.19. The molecule has 0 aliphatic heterocycles. The second-order valence-corrected chi connectivity index (χ2v) is 9.51. The number of unbranched alkanes of at least 4 members (excludes halogenated alkanes) is 9. The molecule has 0 N–H and O–H groups in total. The van der Waals surface area contributed by atoms with Crippen molar-refractivity contribution in [2.75, 3.05) is 0 Å². The summed E-state index contributed by atoms with van der Waals surface area (Å²) in [6.45, 7) is 2.45. The molecule has 0 fully saturated rings. The van der Waals surface area contributed by atoms with E-state index in [-0.39, 0.29) is 17.5 Å². The van der Waals surface area contributed by atoms with Crippen molar-refractivity contribution in [1.82, 2.24) is 0 Å². The van der Waals surface area contributed by atoms with Gasteiger partial charge >= 0.3 is 5.97 Å². The summed E-state index contributed by atoms with van der Waals surface area (Å²) in [6, 6.07) is 16.4. The fourth-order valence-electron chi connectivity index (χ4n) is 4.49. The number of aryl methyl sites for hydroxylation is 1. The number of carbonyl (C=O) groups excluding carboxylic acids is 1. The van der Waals surface area contributed by atoms with E-state index < -0.39 is 6.04 Å². The standard InChI is InChI=1S/C30H43NO4/c1-2-3-4-5-6-7-8-9-10-14-23-29(31(33)34)24-17-22-26-18-15-16-21-28(26)25-35-30(32)27-19-12-11-13-20-27/h11-13,15-16,18-21,29H,2-10,14,17,22-25H2,1H3. The first kappa shape index (κ1) is 28.5. The molecule has 192 valence electrons. The van der Waals surface area contributed by atoms with E-state index in [9.17, 15) is 14.9 Å². The Balaban J connectivity index is 1.67. The Morgan fingerprint density at radius 1 is 0.771 bits per heavy atom. The van der Waals surface area contributed by atoms with Crippen molar-refractivity contribution in [2.24, 2.45) is 0 Å². The molecule has 0 aromatic heterocycles. The molecule has 0 aliphatic carbocycles. The number of nitro groups is 1. The fourth-order valence-corrected chi connectivity index (χ4v) is 4.49. The maximum absolute atomic E-state index is 12.2. The number of ether oxygens (including phenoxy) is 1. The lowest BCUT2D eigenvalue weighted by molar-refractivity contribution is -0.524. The number of benzene rings is 2. The first-order chi connectivity index (χ1) is 17.1. The van der Waals surface area contributed by atoms with Crippen molar-refractivity contribution < 1.29 is 14.5 Å². The normalized spacial score (nSPS) is 11.8. The average Bonchev–Trinajstić information content (AvgIpc) is 2.88. The quantitative estimate of drug-likeness (QED) is 0.0875. The number of hydrogen-bond acceptors (Lipinski definition) is 4. The summed E-state index contributed by atoms with van der Waals surface area (Å²) in [5.74, 6) is -0.342. The van der Waals surface area contributed by atoms with Crippen LogP contribution in [-0.4, -0.2) is 16.9 Å². The van der Waals surface area contributed by atoms with Crippen LogP contribution in [0.5, 0.6) is 0 Å². The number of carbonyl (C=O) groups is 1. The highest BCUT2D eigenvalue weighted by Crippen LogP contribution is 2.18. The summed E-state index contributed by atoms with van der Waals surface area (Å²) < 4.78 is 5.49. The van der Waals surface area contributed by atoms with Crippen LogP contribution in [0.15, 0.2) is 54.6 Å². The lowest BCUT2D eigenvalue weighted by atomic mass is 9.98. The molecule has 2 aromatic rings. The SMILES string of the molecule is CCCCCCCCCCCCC(CCCc1ccccc1COC(=O)c1ccccc1)[N+](=O)[O-]. The summed E-state index contributed by atoms with van der Waals surface area (Å²) in [6.07, 6.45) is 15.2. The number of esters is 1. The molecule has 35 heavy (non-hydrogen) atoms. The van der Waals surface area contributed by atoms with Gasteiger partial charge in [0.15, 0.2) is 0 Å². The van der Waals surface area contributed by atoms with Crippen LogP contribution in [0, 0.1) is 10.1 Å². The second kappa shape index (κ2) is 17.7. The fraction of sp³-hybridized carbons (Fsp3) is 0.567. The van der Waals surface area contributed by atoms with Crippen LogP contribution in [0.25, 0.3) is 0 Å². The molecule has 0 aliphatic rings. The van der Waals surface area contributed by atoms with Crippen LogP contribution >= 0.6 is 0 Å². The van der Waals surface area contributed by atoms with Gasteiger partial charge in [0.25, 0.3) is 0 Å². The third-order valence-electron chi connectivity index (χ3n) is 6.66. The van der Waals surface area contributed by atoms with E-state index in [1.807, 2.05) is 42.5 Å². The third-order valence-corrected chi connectivity index (χ3v) is 6.66. The Hall–Kier alpha value is -2.69. The van der Waals surface area contributed by atoms with E-state index in [4.69, 9.17) is 4.74 Å². The Bertz CT molecular complexity index is 852. The highest BCUT2D eigenvalue weighted by molar-refractivity contribution is 5.89. The second-order valence-electron chi connectivity index (χ2n) is 9.51. The lowest BCUT2D eigenvalue weighted by Crippen LogP contribution is -2.19. The Morgan fingerprint density at radius 3 is 1.94 bits per heavy atom. The van der Waals surface area contributed by atoms with Crippen molar-refractivity contribution >= 4 is 5.97 Å². The molecule has 0 radical (unpaired) electrons. The van der Waals surface area contributed by atoms with E-state index >= 15 is 0 Å². The topological polar surface area (TPSA) is 69.4 Å². The van der Waals surface area contributed by atoms with Crippen molar-refractivity contribution in [2.45, 2.75) is 109 Å². The minimum absolute atomic E-state index is 0.0960. The molecule has 0 saturated carbocycles. The molecule has 5 nitrogen and oxygen atoms in total. The smallest absolute Gasteiger partial charge is 0.338 e. The zero-order chi connectivity index (χ0) is 25.1. The van der Waals surface area contributed by atoms with Crippen LogP contribution < -0.4 is 0 Å². The molecule has 5 heteroatoms. The highest BCUT2D eigenvalue weighted by atomic mass is 16.6. The summed E-state index contributed by atoms with van der Waals surface area (Å²) in [5.41, 5.74) is 2.59. The first-order valence-electron chi connectivity index (χ1n) is 13.5. The Labute approximate surface area is 211 Å². The van der Waals surface area contributed by atoms with Gasteiger partial charge in [-0.3, -0.25) is 10.1 Å². The zero-order valence-corrected chi connectivity index (χ0v) is 21.5. The van der Waals surface area contributed by atoms with Gasteiger partial charge in [0, 0.05) is 17.8 Å². The maximum Gasteiger partial charge on any atom is 0.338 e. The average molecular weight is 482 g/mol. The Kier molecular flexibility index (Phi) is 14.4. The Morgan fingerprint density at radius 2 is 1.31 bits per heavy atom. The molecule has 0 spiro atoms. The summed E-state index contributed by atoms with van der Waals surface area (Å²) in [7, 11) is 0. The third kappa shape index (κ3) is 12.0. The van der Waals surface area contributed by atoms with Crippen molar-refractivity contribution in [3.05, 3.63) is 81.4 Å². The molecule has 0 heterocycles. The number of rotatable bonds is 19. The molecule has 0 amide bonds. The van der Waals surface area contributed by atoms with Gasteiger partial charge in [-0.1, -0.05) is 107 Å². The van der Waals surface area contributed by atoms with Crippen molar-refractivity contribution in [3.63, 3.8) is 0 Å². The van der Waals surface area contributed by atoms with E-state index in [0.29, 0.717) is 18.4 Å². The van der Waals surface area contributed by atoms with Crippen molar-refractivity contribution in [1.29, 1.82) is 0 Å². The molecule has 2 rings (SSSR count). The molecule has 2 aromatic carbocycles. The van der Waals surface area contributed by atoms with Gasteiger partial charge in [-0.2, -0.15) is 0 Å². The van der Waals surface area contributed by atoms with Crippen LogP contribution in [0.3, 0.4) is 0 Å². The van der Waals surface area contributed by atoms with Gasteiger partial charge < -0.3 is 4.74 Å². The van der Waals surface area contributed by atoms with Crippen LogP contribution in [0.2, 0.25) is 0 Å². The van der Waals surface area contributed by atoms with E-state index in [0.717, 1.165) is 36.8 Å². The molecule has 0 saturated heterocycles. The molecular weight excluding hydrogens is 438 g/mol. The minimum atomic E-state index is -0.466. The summed E-state index contributed by atoms with van der Waals surface area (Å²) in [4.78, 5) is 23.7. The van der Waals surface area contributed by atoms with Crippen LogP contribution in [0.1, 0.15) is 112 Å². The predicted molar refractivity (Wildman–Crippen MR) is 142 cm³/mol. The van der Waals surface area contributed by atoms with Gasteiger partial charge in [-0.25, -0.2) is 4.79 Å². The van der Waals surface area contributed by atoms with Gasteiger partial charge in [-0.15, -0.1) is 0 Å².